The van der Waals surface area contributed by atoms with Gasteiger partial charge in [0, 0.05) is 57.2 Å². The van der Waals surface area contributed by atoms with Crippen LogP contribution in [0.1, 0.15) is 10.5 Å². The molecule has 1 saturated heterocycles. The highest BCUT2D eigenvalue weighted by Gasteiger charge is 2.16. The number of rotatable bonds is 4. The first-order valence-electron chi connectivity index (χ1n) is 7.50. The molecule has 1 amide bonds. The van der Waals surface area contributed by atoms with E-state index < -0.39 is 0 Å². The molecule has 1 fully saturated rings. The van der Waals surface area contributed by atoms with Crippen LogP contribution < -0.4 is 5.32 Å². The normalized spacial score (nSPS) is 16.2. The van der Waals surface area contributed by atoms with Crippen LogP contribution in [0.25, 0.3) is 10.9 Å². The van der Waals surface area contributed by atoms with Crippen molar-refractivity contribution in [3.05, 3.63) is 36.0 Å². The molecule has 1 aliphatic heterocycles. The lowest BCUT2D eigenvalue weighted by atomic mass is 10.2. The lowest BCUT2D eigenvalue weighted by Gasteiger charge is -2.29. The lowest BCUT2D eigenvalue weighted by Crippen LogP contribution is -2.46. The fraction of sp³-hybridized carbons (Fsp3) is 0.438. The zero-order valence-corrected chi connectivity index (χ0v) is 12.4. The fourth-order valence-corrected chi connectivity index (χ4v) is 2.72. The first kappa shape index (κ1) is 14.1. The summed E-state index contributed by atoms with van der Waals surface area (Å²) >= 11 is 0. The van der Waals surface area contributed by atoms with Gasteiger partial charge in [-0.2, -0.15) is 0 Å². The number of aromatic nitrogens is 1. The van der Waals surface area contributed by atoms with Gasteiger partial charge in [0.1, 0.15) is 5.69 Å². The Balaban J connectivity index is 1.60. The van der Waals surface area contributed by atoms with Gasteiger partial charge in [-0.05, 0) is 12.1 Å². The predicted molar refractivity (Wildman–Crippen MR) is 84.6 cm³/mol. The number of nitrogens with one attached hydrogen (secondary N) is 2. The molecule has 1 aliphatic rings. The van der Waals surface area contributed by atoms with Crippen LogP contribution in [0.15, 0.2) is 30.3 Å². The van der Waals surface area contributed by atoms with Gasteiger partial charge in [0.15, 0.2) is 0 Å². The van der Waals surface area contributed by atoms with Gasteiger partial charge in [-0.3, -0.25) is 9.69 Å². The van der Waals surface area contributed by atoms with Crippen molar-refractivity contribution in [2.75, 3.05) is 46.3 Å². The molecule has 0 atom stereocenters. The molecule has 3 rings (SSSR count). The van der Waals surface area contributed by atoms with Gasteiger partial charge < -0.3 is 15.2 Å². The molecule has 0 bridgehead atoms. The number of benzene rings is 1. The van der Waals surface area contributed by atoms with E-state index in [2.05, 4.69) is 15.2 Å². The molecule has 5 heteroatoms. The number of H-pyrrole nitrogens is 1. The first-order chi connectivity index (χ1) is 10.2. The third-order valence-corrected chi connectivity index (χ3v) is 4.07. The molecule has 5 nitrogen and oxygen atoms in total. The van der Waals surface area contributed by atoms with Crippen LogP contribution >= 0.6 is 0 Å². The lowest BCUT2D eigenvalue weighted by molar-refractivity contribution is 0.0770. The van der Waals surface area contributed by atoms with Crippen molar-refractivity contribution in [2.45, 2.75) is 0 Å². The van der Waals surface area contributed by atoms with E-state index in [4.69, 9.17) is 0 Å². The van der Waals surface area contributed by atoms with E-state index in [0.717, 1.165) is 50.2 Å². The number of aromatic amines is 1. The van der Waals surface area contributed by atoms with Gasteiger partial charge in [0.2, 0.25) is 0 Å². The minimum Gasteiger partial charge on any atom is -0.351 e. The van der Waals surface area contributed by atoms with Gasteiger partial charge in [-0.25, -0.2) is 0 Å². The monoisotopic (exact) mass is 286 g/mol. The third-order valence-electron chi connectivity index (χ3n) is 4.07. The predicted octanol–water partition coefficient (Wildman–Crippen LogP) is 1.15. The molecule has 2 heterocycles. The van der Waals surface area contributed by atoms with E-state index in [9.17, 15) is 4.79 Å². The van der Waals surface area contributed by atoms with Gasteiger partial charge >= 0.3 is 0 Å². The van der Waals surface area contributed by atoms with Gasteiger partial charge in [-0.1, -0.05) is 18.2 Å². The van der Waals surface area contributed by atoms with Crippen LogP contribution in [0.5, 0.6) is 0 Å². The molecule has 2 aromatic rings. The minimum absolute atomic E-state index is 0.0568. The number of carbonyl (C=O) groups excluding carboxylic acids is 1. The van der Waals surface area contributed by atoms with Crippen molar-refractivity contribution in [2.24, 2.45) is 0 Å². The van der Waals surface area contributed by atoms with E-state index >= 15 is 0 Å². The Morgan fingerprint density at radius 3 is 2.81 bits per heavy atom. The Morgan fingerprint density at radius 2 is 2.05 bits per heavy atom. The summed E-state index contributed by atoms with van der Waals surface area (Å²) in [5, 5.41) is 4.42. The zero-order valence-electron chi connectivity index (χ0n) is 12.4. The fourth-order valence-electron chi connectivity index (χ4n) is 2.72. The minimum atomic E-state index is 0.0568. The standard InChI is InChI=1S/C16H22N4O/c1-19(10-11-20-8-6-17-7-9-20)16(21)15-12-13-4-2-3-5-14(13)18-15/h2-5,12,17-18H,6-11H2,1H3. The van der Waals surface area contributed by atoms with Crippen LogP contribution in [0, 0.1) is 0 Å². The van der Waals surface area contributed by atoms with Crippen LogP contribution in [-0.2, 0) is 0 Å². The molecule has 0 saturated carbocycles. The maximum Gasteiger partial charge on any atom is 0.270 e. The zero-order chi connectivity index (χ0) is 14.7. The molecule has 1 aromatic heterocycles. The molecule has 0 aliphatic carbocycles. The Labute approximate surface area is 124 Å². The van der Waals surface area contributed by atoms with Gasteiger partial charge in [-0.15, -0.1) is 0 Å². The molecular formula is C16H22N4O. The second-order valence-electron chi connectivity index (χ2n) is 5.59. The number of nitrogens with zero attached hydrogens (tertiary/aromatic N) is 2. The van der Waals surface area contributed by atoms with Crippen molar-refractivity contribution in [1.29, 1.82) is 0 Å². The quantitative estimate of drug-likeness (QED) is 0.886. The van der Waals surface area contributed by atoms with Gasteiger partial charge in [0.05, 0.1) is 0 Å². The Hall–Kier alpha value is -1.85. The van der Waals surface area contributed by atoms with Crippen molar-refractivity contribution < 1.29 is 4.79 Å². The van der Waals surface area contributed by atoms with Crippen molar-refractivity contribution >= 4 is 16.8 Å². The van der Waals surface area contributed by atoms with Crippen molar-refractivity contribution in [3.63, 3.8) is 0 Å². The van der Waals surface area contributed by atoms with E-state index in [1.807, 2.05) is 37.4 Å². The molecule has 112 valence electrons. The topological polar surface area (TPSA) is 51.4 Å². The molecule has 1 aromatic carbocycles. The van der Waals surface area contributed by atoms with Gasteiger partial charge in [0.25, 0.3) is 5.91 Å². The van der Waals surface area contributed by atoms with Crippen LogP contribution in [0.3, 0.4) is 0 Å². The summed E-state index contributed by atoms with van der Waals surface area (Å²) in [6.07, 6.45) is 0. The maximum atomic E-state index is 12.5. The second kappa shape index (κ2) is 6.28. The highest BCUT2D eigenvalue weighted by molar-refractivity contribution is 5.97. The summed E-state index contributed by atoms with van der Waals surface area (Å²) in [6, 6.07) is 9.90. The molecule has 2 N–H and O–H groups in total. The molecule has 0 unspecified atom stereocenters. The SMILES string of the molecule is CN(CCN1CCNCC1)C(=O)c1cc2ccccc2[nH]1. The average molecular weight is 286 g/mol. The van der Waals surface area contributed by atoms with Crippen LogP contribution in [0.2, 0.25) is 0 Å². The largest absolute Gasteiger partial charge is 0.351 e. The molecular weight excluding hydrogens is 264 g/mol. The Bertz CT molecular complexity index is 583. The summed E-state index contributed by atoms with van der Waals surface area (Å²) < 4.78 is 0. The van der Waals surface area contributed by atoms with Crippen LogP contribution in [-0.4, -0.2) is 67.0 Å². The second-order valence-corrected chi connectivity index (χ2v) is 5.59. The van der Waals surface area contributed by atoms with Crippen LogP contribution in [0.4, 0.5) is 0 Å². The number of hydrogen-bond donors (Lipinski definition) is 2. The Kier molecular flexibility index (Phi) is 4.22. The maximum absolute atomic E-state index is 12.5. The third kappa shape index (κ3) is 3.25. The summed E-state index contributed by atoms with van der Waals surface area (Å²) in [4.78, 5) is 19.8. The number of para-hydroxylation sites is 1. The highest BCUT2D eigenvalue weighted by Crippen LogP contribution is 2.15. The summed E-state index contributed by atoms with van der Waals surface area (Å²) in [7, 11) is 1.87. The average Bonchev–Trinajstić information content (AvgIpc) is 2.97. The number of piperazine rings is 1. The van der Waals surface area contributed by atoms with E-state index in [1.165, 1.54) is 0 Å². The number of amides is 1. The molecule has 21 heavy (non-hydrogen) atoms. The van der Waals surface area contributed by atoms with E-state index in [1.54, 1.807) is 4.90 Å². The number of carbonyl (C=O) groups is 1. The van der Waals surface area contributed by atoms with Crippen molar-refractivity contribution in [1.82, 2.24) is 20.1 Å². The van der Waals surface area contributed by atoms with E-state index in [0.29, 0.717) is 5.69 Å². The first-order valence-corrected chi connectivity index (χ1v) is 7.50. The van der Waals surface area contributed by atoms with E-state index in [-0.39, 0.29) is 5.91 Å². The van der Waals surface area contributed by atoms with Crippen molar-refractivity contribution in [3.8, 4) is 0 Å². The highest BCUT2D eigenvalue weighted by atomic mass is 16.2. The summed E-state index contributed by atoms with van der Waals surface area (Å²) in [5.41, 5.74) is 1.68. The Morgan fingerprint density at radius 1 is 1.29 bits per heavy atom. The summed E-state index contributed by atoms with van der Waals surface area (Å²) in [5.74, 6) is 0.0568. The molecule has 0 radical (unpaired) electrons. The summed E-state index contributed by atoms with van der Waals surface area (Å²) in [6.45, 7) is 5.90. The molecule has 0 spiro atoms. The number of hydrogen-bond acceptors (Lipinski definition) is 3. The number of likely N-dealkylation sites (N-methyl/N-ethyl adjacent to an activating group) is 1. The number of fused-ring (bicyclic) bond motifs is 1. The smallest absolute Gasteiger partial charge is 0.270 e.